The van der Waals surface area contributed by atoms with Gasteiger partial charge in [-0.2, -0.15) is 4.52 Å². The molecule has 2 aromatic heterocycles. The summed E-state index contributed by atoms with van der Waals surface area (Å²) in [5.74, 6) is 0.385. The average molecular weight is 385 g/mol. The molecule has 146 valence electrons. The van der Waals surface area contributed by atoms with E-state index in [-0.39, 0.29) is 11.8 Å². The van der Waals surface area contributed by atoms with Crippen molar-refractivity contribution in [2.75, 3.05) is 0 Å². The summed E-state index contributed by atoms with van der Waals surface area (Å²) in [5.41, 5.74) is 6.18. The molecule has 29 heavy (non-hydrogen) atoms. The molecule has 0 bridgehead atoms. The highest BCUT2D eigenvalue weighted by Gasteiger charge is 2.33. The minimum atomic E-state index is 0.162. The molecule has 0 atom stereocenters. The maximum absolute atomic E-state index is 13.0. The maximum Gasteiger partial charge on any atom is 0.226 e. The van der Waals surface area contributed by atoms with E-state index < -0.39 is 0 Å². The molecule has 0 spiro atoms. The molecule has 1 saturated carbocycles. The van der Waals surface area contributed by atoms with Crippen LogP contribution in [-0.4, -0.2) is 30.8 Å². The molecule has 0 saturated heterocycles. The second-order valence-corrected chi connectivity index (χ2v) is 8.10. The maximum atomic E-state index is 13.0. The molecular weight excluding hydrogens is 362 g/mol. The Morgan fingerprint density at radius 1 is 1.03 bits per heavy atom. The first kappa shape index (κ1) is 17.8. The number of hydrogen-bond donors (Lipinski definition) is 0. The lowest BCUT2D eigenvalue weighted by Gasteiger charge is -2.23. The van der Waals surface area contributed by atoms with Gasteiger partial charge in [-0.25, -0.2) is 0 Å². The van der Waals surface area contributed by atoms with Crippen LogP contribution in [0.1, 0.15) is 35.1 Å². The summed E-state index contributed by atoms with van der Waals surface area (Å²) in [5, 5.41) is 13.4. The van der Waals surface area contributed by atoms with E-state index in [4.69, 9.17) is 0 Å². The highest BCUT2D eigenvalue weighted by Crippen LogP contribution is 2.32. The van der Waals surface area contributed by atoms with Crippen LogP contribution < -0.4 is 0 Å². The normalized spacial score (nSPS) is 13.9. The Balaban J connectivity index is 1.54. The molecule has 2 aromatic carbocycles. The molecule has 4 aromatic rings. The van der Waals surface area contributed by atoms with Gasteiger partial charge in [0.05, 0.1) is 5.52 Å². The third-order valence-electron chi connectivity index (χ3n) is 5.59. The number of fused-ring (bicyclic) bond motifs is 3. The Hall–Kier alpha value is -3.28. The second kappa shape index (κ2) is 6.95. The lowest BCUT2D eigenvalue weighted by Crippen LogP contribution is -2.31. The zero-order chi connectivity index (χ0) is 20.0. The van der Waals surface area contributed by atoms with Gasteiger partial charge in [0, 0.05) is 30.0 Å². The van der Waals surface area contributed by atoms with E-state index in [9.17, 15) is 4.79 Å². The Labute approximate surface area is 169 Å². The van der Waals surface area contributed by atoms with E-state index in [0.717, 1.165) is 34.9 Å². The molecule has 6 nitrogen and oxygen atoms in total. The van der Waals surface area contributed by atoms with E-state index in [2.05, 4.69) is 71.8 Å². The summed E-state index contributed by atoms with van der Waals surface area (Å²) in [6, 6.07) is 16.7. The number of aryl methyl sites for hydroxylation is 2. The first-order chi connectivity index (χ1) is 14.1. The first-order valence-electron chi connectivity index (χ1n) is 10.0. The Bertz CT molecular complexity index is 1210. The van der Waals surface area contributed by atoms with Crippen molar-refractivity contribution in [3.8, 4) is 0 Å². The van der Waals surface area contributed by atoms with Crippen LogP contribution in [0.2, 0.25) is 0 Å². The van der Waals surface area contributed by atoms with Gasteiger partial charge in [0.1, 0.15) is 0 Å². The SMILES string of the molecule is Cc1ccc(CN(Cc2cc3cc(C)ccc3n3nnnc23)C(=O)C2CC2)cc1. The monoisotopic (exact) mass is 385 g/mol. The zero-order valence-electron chi connectivity index (χ0n) is 16.7. The first-order valence-corrected chi connectivity index (χ1v) is 10.0. The number of rotatable bonds is 5. The van der Waals surface area contributed by atoms with Crippen LogP contribution in [0, 0.1) is 19.8 Å². The molecule has 1 aliphatic carbocycles. The van der Waals surface area contributed by atoms with Crippen LogP contribution >= 0.6 is 0 Å². The summed E-state index contributed by atoms with van der Waals surface area (Å²) in [6.45, 7) is 5.23. The van der Waals surface area contributed by atoms with Gasteiger partial charge in [0.2, 0.25) is 5.91 Å². The lowest BCUT2D eigenvalue weighted by molar-refractivity contribution is -0.133. The van der Waals surface area contributed by atoms with Gasteiger partial charge in [-0.1, -0.05) is 41.5 Å². The van der Waals surface area contributed by atoms with E-state index >= 15 is 0 Å². The van der Waals surface area contributed by atoms with Gasteiger partial charge < -0.3 is 4.90 Å². The summed E-state index contributed by atoms with van der Waals surface area (Å²) >= 11 is 0. The molecule has 0 radical (unpaired) electrons. The largest absolute Gasteiger partial charge is 0.334 e. The number of amides is 1. The molecule has 1 aliphatic rings. The van der Waals surface area contributed by atoms with Crippen LogP contribution in [0.5, 0.6) is 0 Å². The smallest absolute Gasteiger partial charge is 0.226 e. The number of carbonyl (C=O) groups is 1. The number of nitrogens with zero attached hydrogens (tertiary/aromatic N) is 5. The molecular formula is C23H23N5O. The molecule has 0 aliphatic heterocycles. The van der Waals surface area contributed by atoms with Crippen molar-refractivity contribution >= 4 is 22.5 Å². The topological polar surface area (TPSA) is 63.4 Å². The highest BCUT2D eigenvalue weighted by atomic mass is 16.2. The van der Waals surface area contributed by atoms with E-state index in [0.29, 0.717) is 18.7 Å². The summed E-state index contributed by atoms with van der Waals surface area (Å²) in [6.07, 6.45) is 1.98. The Kier molecular flexibility index (Phi) is 4.27. The molecule has 1 fully saturated rings. The third kappa shape index (κ3) is 3.46. The van der Waals surface area contributed by atoms with E-state index in [1.54, 1.807) is 4.52 Å². The second-order valence-electron chi connectivity index (χ2n) is 8.10. The van der Waals surface area contributed by atoms with Gasteiger partial charge in [0.15, 0.2) is 5.65 Å². The van der Waals surface area contributed by atoms with E-state index in [1.165, 1.54) is 11.1 Å². The minimum Gasteiger partial charge on any atom is -0.334 e. The summed E-state index contributed by atoms with van der Waals surface area (Å²) in [7, 11) is 0. The lowest BCUT2D eigenvalue weighted by atomic mass is 10.1. The predicted octanol–water partition coefficient (Wildman–Crippen LogP) is 3.83. The van der Waals surface area contributed by atoms with Crippen LogP contribution in [0.15, 0.2) is 48.5 Å². The number of tetrazole rings is 1. The number of pyridine rings is 1. The van der Waals surface area contributed by atoms with Crippen molar-refractivity contribution in [2.24, 2.45) is 5.92 Å². The van der Waals surface area contributed by atoms with Crippen LogP contribution in [-0.2, 0) is 17.9 Å². The van der Waals surface area contributed by atoms with Gasteiger partial charge >= 0.3 is 0 Å². The van der Waals surface area contributed by atoms with Crippen molar-refractivity contribution in [3.63, 3.8) is 0 Å². The zero-order valence-corrected chi connectivity index (χ0v) is 16.7. The predicted molar refractivity (Wildman–Crippen MR) is 111 cm³/mol. The van der Waals surface area contributed by atoms with Crippen molar-refractivity contribution < 1.29 is 4.79 Å². The van der Waals surface area contributed by atoms with Crippen LogP contribution in [0.3, 0.4) is 0 Å². The average Bonchev–Trinajstić information content (AvgIpc) is 3.44. The molecule has 5 rings (SSSR count). The third-order valence-corrected chi connectivity index (χ3v) is 5.59. The number of benzene rings is 2. The number of hydrogen-bond acceptors (Lipinski definition) is 4. The van der Waals surface area contributed by atoms with Gasteiger partial charge in [0.25, 0.3) is 0 Å². The van der Waals surface area contributed by atoms with Crippen LogP contribution in [0.25, 0.3) is 16.6 Å². The summed E-state index contributed by atoms with van der Waals surface area (Å²) < 4.78 is 1.77. The minimum absolute atomic E-state index is 0.162. The fourth-order valence-electron chi connectivity index (χ4n) is 3.82. The van der Waals surface area contributed by atoms with Crippen molar-refractivity contribution in [1.29, 1.82) is 0 Å². The van der Waals surface area contributed by atoms with Gasteiger partial charge in [-0.3, -0.25) is 4.79 Å². The van der Waals surface area contributed by atoms with Gasteiger partial charge in [-0.05, 0) is 60.9 Å². The van der Waals surface area contributed by atoms with E-state index in [1.807, 2.05) is 11.0 Å². The fourth-order valence-corrected chi connectivity index (χ4v) is 3.82. The summed E-state index contributed by atoms with van der Waals surface area (Å²) in [4.78, 5) is 15.0. The quantitative estimate of drug-likeness (QED) is 0.524. The van der Waals surface area contributed by atoms with Crippen LogP contribution in [0.4, 0.5) is 0 Å². The molecule has 0 unspecified atom stereocenters. The standard InChI is InChI=1S/C23H23N5O/c1-15-3-6-17(7-4-15)13-27(23(29)18-8-9-18)14-20-12-19-11-16(2)5-10-21(19)28-22(20)24-25-26-28/h3-7,10-12,18H,8-9,13-14H2,1-2H3. The number of aromatic nitrogens is 4. The Morgan fingerprint density at radius 2 is 1.79 bits per heavy atom. The molecule has 6 heteroatoms. The fraction of sp³-hybridized carbons (Fsp3) is 0.304. The van der Waals surface area contributed by atoms with Gasteiger partial charge in [-0.15, -0.1) is 5.10 Å². The number of carbonyl (C=O) groups excluding carboxylic acids is 1. The highest BCUT2D eigenvalue weighted by molar-refractivity contribution is 5.84. The molecule has 2 heterocycles. The molecule has 0 N–H and O–H groups in total. The van der Waals surface area contributed by atoms with Crippen molar-refractivity contribution in [2.45, 2.75) is 39.8 Å². The van der Waals surface area contributed by atoms with Crippen molar-refractivity contribution in [3.05, 3.63) is 70.8 Å². The Morgan fingerprint density at radius 3 is 2.55 bits per heavy atom. The molecule has 1 amide bonds. The van der Waals surface area contributed by atoms with Crippen molar-refractivity contribution in [1.82, 2.24) is 24.9 Å².